The van der Waals surface area contributed by atoms with Gasteiger partial charge in [-0.3, -0.25) is 0 Å². The highest BCUT2D eigenvalue weighted by Gasteiger charge is 2.29. The lowest BCUT2D eigenvalue weighted by Crippen LogP contribution is -2.42. The number of rotatable bonds is 3. The van der Waals surface area contributed by atoms with Crippen molar-refractivity contribution in [3.63, 3.8) is 0 Å². The lowest BCUT2D eigenvalue weighted by molar-refractivity contribution is 0.0186. The first-order valence-electron chi connectivity index (χ1n) is 9.10. The van der Waals surface area contributed by atoms with Crippen LogP contribution in [0.15, 0.2) is 29.8 Å². The van der Waals surface area contributed by atoms with E-state index in [4.69, 9.17) is 9.47 Å². The summed E-state index contributed by atoms with van der Waals surface area (Å²) in [5, 5.41) is 0. The van der Waals surface area contributed by atoms with E-state index >= 15 is 0 Å². The minimum Gasteiger partial charge on any atom is -0.497 e. The number of nitrogens with zero attached hydrogens (tertiary/aromatic N) is 1. The Morgan fingerprint density at radius 2 is 1.88 bits per heavy atom. The highest BCUT2D eigenvalue weighted by molar-refractivity contribution is 5.73. The second-order valence-corrected chi connectivity index (χ2v) is 7.64. The molecule has 25 heavy (non-hydrogen) atoms. The molecule has 0 saturated carbocycles. The van der Waals surface area contributed by atoms with E-state index in [1.54, 1.807) is 7.11 Å². The van der Waals surface area contributed by atoms with Crippen molar-refractivity contribution in [3.05, 3.63) is 35.4 Å². The van der Waals surface area contributed by atoms with Crippen LogP contribution in [0.25, 0.3) is 5.57 Å². The predicted molar refractivity (Wildman–Crippen MR) is 102 cm³/mol. The second kappa shape index (κ2) is 7.94. The Balaban J connectivity index is 2.23. The Bertz CT molecular complexity index is 626. The molecule has 1 aliphatic heterocycles. The summed E-state index contributed by atoms with van der Waals surface area (Å²) in [6.45, 7) is 10.7. The molecule has 4 nitrogen and oxygen atoms in total. The van der Waals surface area contributed by atoms with E-state index in [9.17, 15) is 4.79 Å². The zero-order valence-corrected chi connectivity index (χ0v) is 16.4. The van der Waals surface area contributed by atoms with Crippen LogP contribution in [0.5, 0.6) is 5.75 Å². The third kappa shape index (κ3) is 5.00. The molecule has 1 amide bonds. The normalized spacial score (nSPS) is 18.8. The fraction of sp³-hybridized carbons (Fsp3) is 0.571. The summed E-state index contributed by atoms with van der Waals surface area (Å²) in [4.78, 5) is 14.4. The van der Waals surface area contributed by atoms with Crippen molar-refractivity contribution in [2.24, 2.45) is 0 Å². The monoisotopic (exact) mass is 345 g/mol. The van der Waals surface area contributed by atoms with Crippen LogP contribution in [0.3, 0.4) is 0 Å². The van der Waals surface area contributed by atoms with Gasteiger partial charge in [-0.05, 0) is 70.2 Å². The Morgan fingerprint density at radius 1 is 1.24 bits per heavy atom. The average molecular weight is 345 g/mol. The van der Waals surface area contributed by atoms with Crippen molar-refractivity contribution < 1.29 is 14.3 Å². The summed E-state index contributed by atoms with van der Waals surface area (Å²) < 4.78 is 10.9. The molecule has 0 N–H and O–H groups in total. The van der Waals surface area contributed by atoms with Crippen LogP contribution in [0, 0.1) is 0 Å². The molecule has 0 fully saturated rings. The van der Waals surface area contributed by atoms with E-state index in [0.717, 1.165) is 25.0 Å². The third-order valence-corrected chi connectivity index (χ3v) is 4.60. The highest BCUT2D eigenvalue weighted by Crippen LogP contribution is 2.33. The van der Waals surface area contributed by atoms with Gasteiger partial charge in [0.25, 0.3) is 0 Å². The van der Waals surface area contributed by atoms with Crippen molar-refractivity contribution in [3.8, 4) is 5.75 Å². The van der Waals surface area contributed by atoms with Crippen LogP contribution in [0.2, 0.25) is 0 Å². The number of carbonyl (C=O) groups excluding carboxylic acids is 1. The first-order chi connectivity index (χ1) is 11.7. The Kier molecular flexibility index (Phi) is 6.15. The first kappa shape index (κ1) is 19.4. The van der Waals surface area contributed by atoms with Crippen LogP contribution >= 0.6 is 0 Å². The summed E-state index contributed by atoms with van der Waals surface area (Å²) in [5.41, 5.74) is 3.52. The number of amides is 1. The fourth-order valence-corrected chi connectivity index (χ4v) is 3.31. The number of ether oxygens (including phenoxy) is 2. The fourth-order valence-electron chi connectivity index (χ4n) is 3.31. The number of hydrogen-bond donors (Lipinski definition) is 0. The van der Waals surface area contributed by atoms with Crippen LogP contribution in [0.4, 0.5) is 4.79 Å². The molecular weight excluding hydrogens is 314 g/mol. The molecule has 1 aromatic rings. The number of benzene rings is 1. The average Bonchev–Trinajstić information content (AvgIpc) is 2.72. The summed E-state index contributed by atoms with van der Waals surface area (Å²) in [5.74, 6) is 0.861. The van der Waals surface area contributed by atoms with Gasteiger partial charge >= 0.3 is 6.09 Å². The maximum Gasteiger partial charge on any atom is 0.410 e. The lowest BCUT2D eigenvalue weighted by atomic mass is 9.93. The van der Waals surface area contributed by atoms with Crippen LogP contribution in [-0.2, 0) is 4.74 Å². The minimum atomic E-state index is -0.469. The first-order valence-corrected chi connectivity index (χ1v) is 9.10. The van der Waals surface area contributed by atoms with E-state index in [1.807, 2.05) is 37.8 Å². The number of hydrogen-bond acceptors (Lipinski definition) is 3. The second-order valence-electron chi connectivity index (χ2n) is 7.64. The molecule has 0 saturated heterocycles. The van der Waals surface area contributed by atoms with Crippen molar-refractivity contribution in [2.45, 2.75) is 65.5 Å². The lowest BCUT2D eigenvalue weighted by Gasteiger charge is -2.30. The van der Waals surface area contributed by atoms with Crippen molar-refractivity contribution in [2.75, 3.05) is 13.7 Å². The molecule has 0 aliphatic carbocycles. The minimum absolute atomic E-state index is 0.139. The number of methoxy groups -OCH3 is 1. The van der Waals surface area contributed by atoms with Gasteiger partial charge in [-0.25, -0.2) is 4.79 Å². The predicted octanol–water partition coefficient (Wildman–Crippen LogP) is 5.28. The van der Waals surface area contributed by atoms with Gasteiger partial charge in [-0.1, -0.05) is 24.6 Å². The van der Waals surface area contributed by atoms with Gasteiger partial charge < -0.3 is 14.4 Å². The SMILES string of the molecule is CCC1=C(c2ccc(OC)cc2)CCN(C(=O)OC(C)(C)C)C(C)C1. The van der Waals surface area contributed by atoms with Crippen molar-refractivity contribution in [1.29, 1.82) is 0 Å². The van der Waals surface area contributed by atoms with Gasteiger partial charge in [-0.15, -0.1) is 0 Å². The molecular formula is C21H31NO3. The molecule has 1 atom stereocenters. The molecule has 0 aromatic heterocycles. The maximum atomic E-state index is 12.6. The molecule has 1 heterocycles. The van der Waals surface area contributed by atoms with E-state index in [-0.39, 0.29) is 12.1 Å². The standard InChI is InChI=1S/C21H31NO3/c1-7-16-14-15(2)22(20(23)25-21(3,4)5)13-12-19(16)17-8-10-18(24-6)11-9-17/h8-11,15H,7,12-14H2,1-6H3. The Morgan fingerprint density at radius 3 is 2.40 bits per heavy atom. The smallest absolute Gasteiger partial charge is 0.410 e. The third-order valence-electron chi connectivity index (χ3n) is 4.60. The van der Waals surface area contributed by atoms with E-state index < -0.39 is 5.60 Å². The molecule has 1 aliphatic rings. The van der Waals surface area contributed by atoms with Gasteiger partial charge in [0.15, 0.2) is 0 Å². The maximum absolute atomic E-state index is 12.6. The van der Waals surface area contributed by atoms with Gasteiger partial charge in [0.2, 0.25) is 0 Å². The summed E-state index contributed by atoms with van der Waals surface area (Å²) in [6.07, 6.45) is 2.51. The molecule has 1 aromatic carbocycles. The van der Waals surface area contributed by atoms with Gasteiger partial charge in [0.1, 0.15) is 11.4 Å². The summed E-state index contributed by atoms with van der Waals surface area (Å²) >= 11 is 0. The molecule has 0 spiro atoms. The molecule has 4 heteroatoms. The Hall–Kier alpha value is -1.97. The van der Waals surface area contributed by atoms with E-state index in [0.29, 0.717) is 6.54 Å². The van der Waals surface area contributed by atoms with Crippen molar-refractivity contribution in [1.82, 2.24) is 4.90 Å². The molecule has 138 valence electrons. The number of carbonyl (C=O) groups is 1. The van der Waals surface area contributed by atoms with Crippen molar-refractivity contribution >= 4 is 11.7 Å². The van der Waals surface area contributed by atoms with E-state index in [1.165, 1.54) is 16.7 Å². The Labute approximate surface area is 151 Å². The zero-order chi connectivity index (χ0) is 18.6. The van der Waals surface area contributed by atoms with Crippen LogP contribution in [0.1, 0.15) is 59.4 Å². The highest BCUT2D eigenvalue weighted by atomic mass is 16.6. The van der Waals surface area contributed by atoms with Gasteiger partial charge in [0, 0.05) is 12.6 Å². The quantitative estimate of drug-likeness (QED) is 0.748. The molecule has 0 bridgehead atoms. The largest absolute Gasteiger partial charge is 0.497 e. The summed E-state index contributed by atoms with van der Waals surface area (Å²) in [7, 11) is 1.68. The molecule has 1 unspecified atom stereocenters. The zero-order valence-electron chi connectivity index (χ0n) is 16.4. The van der Waals surface area contributed by atoms with Crippen LogP contribution < -0.4 is 4.74 Å². The van der Waals surface area contributed by atoms with E-state index in [2.05, 4.69) is 26.0 Å². The summed E-state index contributed by atoms with van der Waals surface area (Å²) in [6, 6.07) is 8.35. The molecule has 0 radical (unpaired) electrons. The van der Waals surface area contributed by atoms with Crippen LogP contribution in [-0.4, -0.2) is 36.3 Å². The van der Waals surface area contributed by atoms with Gasteiger partial charge in [0.05, 0.1) is 7.11 Å². The van der Waals surface area contributed by atoms with Gasteiger partial charge in [-0.2, -0.15) is 0 Å². The topological polar surface area (TPSA) is 38.8 Å². The molecule has 2 rings (SSSR count).